The second kappa shape index (κ2) is 3.43. The number of sulfone groups is 1. The van der Waals surface area contributed by atoms with Crippen LogP contribution in [0.15, 0.2) is 29.4 Å². The summed E-state index contributed by atoms with van der Waals surface area (Å²) in [7, 11) is -3.23. The summed E-state index contributed by atoms with van der Waals surface area (Å²) in [5, 5.41) is 0.799. The number of halogens is 1. The Hall–Kier alpha value is -1.20. The van der Waals surface area contributed by atoms with Gasteiger partial charge in [-0.25, -0.2) is 18.4 Å². The van der Waals surface area contributed by atoms with E-state index in [0.29, 0.717) is 10.9 Å². The lowest BCUT2D eigenvalue weighted by molar-refractivity contribution is 0.602. The highest BCUT2D eigenvalue weighted by Crippen LogP contribution is 2.22. The summed E-state index contributed by atoms with van der Waals surface area (Å²) in [4.78, 5) is 7.98. The Labute approximate surface area is 91.8 Å². The molecule has 2 rings (SSSR count). The topological polar surface area (TPSA) is 59.9 Å². The monoisotopic (exact) mass is 242 g/mol. The van der Waals surface area contributed by atoms with E-state index in [0.717, 1.165) is 6.26 Å². The van der Waals surface area contributed by atoms with Crippen molar-refractivity contribution >= 4 is 32.3 Å². The van der Waals surface area contributed by atoms with Gasteiger partial charge < -0.3 is 0 Å². The average molecular weight is 243 g/mol. The highest BCUT2D eigenvalue weighted by atomic mass is 35.5. The zero-order valence-electron chi connectivity index (χ0n) is 7.81. The molecule has 15 heavy (non-hydrogen) atoms. The minimum atomic E-state index is -3.23. The largest absolute Gasteiger partial charge is 0.236 e. The molecule has 0 saturated carbocycles. The Morgan fingerprint density at radius 1 is 1.27 bits per heavy atom. The second-order valence-electron chi connectivity index (χ2n) is 3.12. The molecule has 0 amide bonds. The molecule has 0 fully saturated rings. The fourth-order valence-electron chi connectivity index (χ4n) is 1.23. The predicted molar refractivity (Wildman–Crippen MR) is 57.7 cm³/mol. The van der Waals surface area contributed by atoms with Crippen LogP contribution in [0.4, 0.5) is 0 Å². The van der Waals surface area contributed by atoms with Gasteiger partial charge in [0, 0.05) is 11.6 Å². The van der Waals surface area contributed by atoms with Crippen LogP contribution in [0, 0.1) is 0 Å². The van der Waals surface area contributed by atoms with Gasteiger partial charge in [0.2, 0.25) is 0 Å². The maximum Gasteiger partial charge on any atom is 0.175 e. The first-order valence-corrected chi connectivity index (χ1v) is 6.36. The Morgan fingerprint density at radius 3 is 2.67 bits per heavy atom. The van der Waals surface area contributed by atoms with Crippen LogP contribution in [-0.2, 0) is 9.84 Å². The third-order valence-corrected chi connectivity index (χ3v) is 3.40. The van der Waals surface area contributed by atoms with Gasteiger partial charge in [-0.05, 0) is 18.2 Å². The van der Waals surface area contributed by atoms with Crippen LogP contribution in [0.5, 0.6) is 0 Å². The molecule has 0 N–H and O–H groups in total. The lowest BCUT2D eigenvalue weighted by Crippen LogP contribution is -1.97. The number of rotatable bonds is 1. The fraction of sp³-hybridized carbons (Fsp3) is 0.111. The first-order chi connectivity index (χ1) is 6.98. The summed E-state index contributed by atoms with van der Waals surface area (Å²) in [5.74, 6) is 0. The van der Waals surface area contributed by atoms with Crippen molar-refractivity contribution in [2.45, 2.75) is 4.90 Å². The van der Waals surface area contributed by atoms with Gasteiger partial charge in [0.1, 0.15) is 11.5 Å². The molecule has 2 aromatic rings. The lowest BCUT2D eigenvalue weighted by atomic mass is 10.2. The normalized spacial score (nSPS) is 11.9. The molecule has 0 radical (unpaired) electrons. The van der Waals surface area contributed by atoms with Gasteiger partial charge in [-0.15, -0.1) is 0 Å². The van der Waals surface area contributed by atoms with Crippen molar-refractivity contribution in [1.29, 1.82) is 0 Å². The lowest BCUT2D eigenvalue weighted by Gasteiger charge is -2.01. The summed E-state index contributed by atoms with van der Waals surface area (Å²) in [6.45, 7) is 0. The first-order valence-electron chi connectivity index (χ1n) is 4.09. The molecule has 6 heteroatoms. The standard InChI is InChI=1S/C9H7ClN2O2S/c1-15(13,14)6-2-3-8-7(4-6)9(10)12-5-11-8/h2-5H,1H3. The van der Waals surface area contributed by atoms with Crippen LogP contribution in [0.2, 0.25) is 5.15 Å². The average Bonchev–Trinajstić information content (AvgIpc) is 2.16. The van der Waals surface area contributed by atoms with E-state index >= 15 is 0 Å². The van der Waals surface area contributed by atoms with Gasteiger partial charge in [0.15, 0.2) is 9.84 Å². The highest BCUT2D eigenvalue weighted by Gasteiger charge is 2.09. The quantitative estimate of drug-likeness (QED) is 0.714. The van der Waals surface area contributed by atoms with E-state index in [4.69, 9.17) is 11.6 Å². The van der Waals surface area contributed by atoms with Gasteiger partial charge in [0.25, 0.3) is 0 Å². The summed E-state index contributed by atoms with van der Waals surface area (Å²) < 4.78 is 22.6. The van der Waals surface area contributed by atoms with E-state index in [2.05, 4.69) is 9.97 Å². The van der Waals surface area contributed by atoms with Crippen molar-refractivity contribution in [2.75, 3.05) is 6.26 Å². The number of hydrogen-bond acceptors (Lipinski definition) is 4. The summed E-state index contributed by atoms with van der Waals surface area (Å²) in [6, 6.07) is 4.59. The number of benzene rings is 1. The molecule has 0 atom stereocenters. The SMILES string of the molecule is CS(=O)(=O)c1ccc2ncnc(Cl)c2c1. The van der Waals surface area contributed by atoms with Gasteiger partial charge in [0.05, 0.1) is 10.4 Å². The third-order valence-electron chi connectivity index (χ3n) is 1.99. The molecule has 1 heterocycles. The minimum Gasteiger partial charge on any atom is -0.236 e. The Kier molecular flexibility index (Phi) is 2.36. The minimum absolute atomic E-state index is 0.215. The van der Waals surface area contributed by atoms with E-state index in [-0.39, 0.29) is 10.0 Å². The van der Waals surface area contributed by atoms with Crippen molar-refractivity contribution in [2.24, 2.45) is 0 Å². The van der Waals surface area contributed by atoms with Crippen molar-refractivity contribution in [3.05, 3.63) is 29.7 Å². The maximum atomic E-state index is 11.3. The molecule has 78 valence electrons. The van der Waals surface area contributed by atoms with Gasteiger partial charge >= 0.3 is 0 Å². The number of aromatic nitrogens is 2. The highest BCUT2D eigenvalue weighted by molar-refractivity contribution is 7.90. The Morgan fingerprint density at radius 2 is 2.00 bits per heavy atom. The molecule has 0 aliphatic heterocycles. The fourth-order valence-corrected chi connectivity index (χ4v) is 2.08. The first kappa shape index (κ1) is 10.3. The predicted octanol–water partition coefficient (Wildman–Crippen LogP) is 1.69. The van der Waals surface area contributed by atoms with E-state index in [1.165, 1.54) is 18.5 Å². The van der Waals surface area contributed by atoms with E-state index in [1.807, 2.05) is 0 Å². The molecular weight excluding hydrogens is 236 g/mol. The van der Waals surface area contributed by atoms with Crippen molar-refractivity contribution in [1.82, 2.24) is 9.97 Å². The van der Waals surface area contributed by atoms with Crippen LogP contribution >= 0.6 is 11.6 Å². The second-order valence-corrected chi connectivity index (χ2v) is 5.49. The van der Waals surface area contributed by atoms with Crippen LogP contribution in [0.3, 0.4) is 0 Å². The molecule has 0 spiro atoms. The molecule has 4 nitrogen and oxygen atoms in total. The smallest absolute Gasteiger partial charge is 0.175 e. The zero-order valence-corrected chi connectivity index (χ0v) is 9.38. The summed E-state index contributed by atoms with van der Waals surface area (Å²) in [5.41, 5.74) is 0.627. The molecule has 0 aliphatic rings. The molecule has 0 saturated heterocycles. The third kappa shape index (κ3) is 1.93. The molecule has 0 bridgehead atoms. The summed E-state index contributed by atoms with van der Waals surface area (Å²) >= 11 is 5.83. The van der Waals surface area contributed by atoms with Crippen LogP contribution in [0.1, 0.15) is 0 Å². The van der Waals surface area contributed by atoms with E-state index < -0.39 is 9.84 Å². The number of fused-ring (bicyclic) bond motifs is 1. The van der Waals surface area contributed by atoms with Crippen LogP contribution in [0.25, 0.3) is 10.9 Å². The number of hydrogen-bond donors (Lipinski definition) is 0. The van der Waals surface area contributed by atoms with Crippen molar-refractivity contribution in [3.8, 4) is 0 Å². The van der Waals surface area contributed by atoms with Gasteiger partial charge in [-0.2, -0.15) is 0 Å². The summed E-state index contributed by atoms with van der Waals surface area (Å²) in [6.07, 6.45) is 2.48. The maximum absolute atomic E-state index is 11.3. The molecule has 1 aromatic carbocycles. The van der Waals surface area contributed by atoms with Crippen molar-refractivity contribution in [3.63, 3.8) is 0 Å². The van der Waals surface area contributed by atoms with Gasteiger partial charge in [-0.1, -0.05) is 11.6 Å². The van der Waals surface area contributed by atoms with E-state index in [9.17, 15) is 8.42 Å². The molecule has 1 aromatic heterocycles. The number of nitrogens with zero attached hydrogens (tertiary/aromatic N) is 2. The van der Waals surface area contributed by atoms with Crippen molar-refractivity contribution < 1.29 is 8.42 Å². The molecule has 0 aliphatic carbocycles. The van der Waals surface area contributed by atoms with Gasteiger partial charge in [-0.3, -0.25) is 0 Å². The van der Waals surface area contributed by atoms with Crippen LogP contribution < -0.4 is 0 Å². The molecular formula is C9H7ClN2O2S. The van der Waals surface area contributed by atoms with Crippen LogP contribution in [-0.4, -0.2) is 24.6 Å². The Balaban J connectivity index is 2.81. The van der Waals surface area contributed by atoms with E-state index in [1.54, 1.807) is 6.07 Å². The zero-order chi connectivity index (χ0) is 11.1. The molecule has 0 unspecified atom stereocenters. The Bertz CT molecular complexity index is 625.